The minimum absolute atomic E-state index is 0.0404. The SMILES string of the molecule is Cc1ccc(S(=O)(=O)/N=c2\o[n-][n+](C)c2CN2C(=S)N(C)C(=O)C2CC(=O)Nc2ccc(S(N)(=O)=O)cc2)cc1. The Balaban J connectivity index is 1.58. The summed E-state index contributed by atoms with van der Waals surface area (Å²) < 4.78 is 58.9. The smallest absolute Gasteiger partial charge is 0.289 e. The molecule has 3 N–H and O–H groups in total. The Hall–Kier alpha value is -3.93. The molecular weight excluding hydrogens is 582 g/mol. The standard InChI is InChI=1S/C23H25N7O7S3/c1-14-4-8-17(9-5-14)40(35,36)26-21-19(29(3)27-37-21)13-30-18(22(32)28(2)23(30)38)12-20(31)25-15-6-10-16(11-7-15)39(24,33)34/h4-11,18H,12-13H2,1-3H3,(H,25,31)(H2,24,33,34)/b26-21-. The zero-order valence-corrected chi connectivity index (χ0v) is 24.0. The topological polar surface area (TPSA) is 190 Å². The summed E-state index contributed by atoms with van der Waals surface area (Å²) in [5, 5.41) is 11.6. The Kier molecular flexibility index (Phi) is 7.93. The molecule has 14 nitrogen and oxygen atoms in total. The van der Waals surface area contributed by atoms with Crippen molar-refractivity contribution < 1.29 is 35.6 Å². The number of nitrogens with one attached hydrogen (secondary N) is 1. The highest BCUT2D eigenvalue weighted by atomic mass is 32.2. The number of benzene rings is 2. The quantitative estimate of drug-likeness (QED) is 0.244. The Morgan fingerprint density at radius 1 is 1.12 bits per heavy atom. The van der Waals surface area contributed by atoms with E-state index in [0.29, 0.717) is 0 Å². The molecule has 0 bridgehead atoms. The van der Waals surface area contributed by atoms with E-state index in [1.807, 2.05) is 6.92 Å². The molecule has 4 rings (SSSR count). The van der Waals surface area contributed by atoms with Gasteiger partial charge in [0.1, 0.15) is 19.6 Å². The first kappa shape index (κ1) is 29.1. The average molecular weight is 608 g/mol. The van der Waals surface area contributed by atoms with E-state index in [2.05, 4.69) is 15.0 Å². The van der Waals surface area contributed by atoms with Crippen molar-refractivity contribution in [3.8, 4) is 0 Å². The van der Waals surface area contributed by atoms with E-state index in [1.54, 1.807) is 12.1 Å². The van der Waals surface area contributed by atoms with Crippen LogP contribution in [0, 0.1) is 6.92 Å². The number of carbonyl (C=O) groups excluding carboxylic acids is 2. The lowest BCUT2D eigenvalue weighted by Gasteiger charge is -2.21. The largest absolute Gasteiger partial charge is 0.486 e. The summed E-state index contributed by atoms with van der Waals surface area (Å²) in [6, 6.07) is 10.3. The fourth-order valence-corrected chi connectivity index (χ4v) is 5.62. The maximum atomic E-state index is 13.0. The molecule has 0 spiro atoms. The first-order valence-corrected chi connectivity index (χ1v) is 15.0. The molecule has 2 amide bonds. The third-order valence-corrected chi connectivity index (χ3v) is 8.81. The van der Waals surface area contributed by atoms with Gasteiger partial charge < -0.3 is 14.7 Å². The number of nitrogens with zero attached hydrogens (tertiary/aromatic N) is 5. The minimum Gasteiger partial charge on any atom is -0.486 e. The predicted octanol–water partition coefficient (Wildman–Crippen LogP) is -0.737. The highest BCUT2D eigenvalue weighted by Gasteiger charge is 2.43. The molecule has 1 fully saturated rings. The molecule has 212 valence electrons. The Bertz CT molecular complexity index is 1760. The first-order chi connectivity index (χ1) is 18.7. The number of hydrogen-bond donors (Lipinski definition) is 2. The van der Waals surface area contributed by atoms with Crippen molar-refractivity contribution >= 4 is 54.9 Å². The number of rotatable bonds is 8. The van der Waals surface area contributed by atoms with Crippen molar-refractivity contribution in [2.45, 2.75) is 35.7 Å². The number of likely N-dealkylation sites (N-methyl/N-ethyl adjacent to an activating group) is 1. The first-order valence-electron chi connectivity index (χ1n) is 11.6. The van der Waals surface area contributed by atoms with Gasteiger partial charge in [-0.05, 0) is 55.5 Å². The van der Waals surface area contributed by atoms with Gasteiger partial charge in [-0.3, -0.25) is 19.8 Å². The summed E-state index contributed by atoms with van der Waals surface area (Å²) in [5.41, 5.74) is 1.06. The summed E-state index contributed by atoms with van der Waals surface area (Å²) in [5.74, 6) is -0.999. The molecule has 1 aromatic heterocycles. The van der Waals surface area contributed by atoms with Crippen LogP contribution in [0.4, 0.5) is 5.69 Å². The van der Waals surface area contributed by atoms with Crippen LogP contribution < -0.4 is 26.0 Å². The second-order valence-electron chi connectivity index (χ2n) is 8.97. The van der Waals surface area contributed by atoms with Gasteiger partial charge in [0, 0.05) is 12.7 Å². The molecular formula is C23H25N7O7S3. The zero-order chi connectivity index (χ0) is 29.4. The van der Waals surface area contributed by atoms with E-state index < -0.39 is 37.9 Å². The van der Waals surface area contributed by atoms with Crippen LogP contribution in [0.25, 0.3) is 0 Å². The molecule has 1 aliphatic rings. The Morgan fingerprint density at radius 3 is 2.33 bits per heavy atom. The van der Waals surface area contributed by atoms with Gasteiger partial charge in [0.25, 0.3) is 27.2 Å². The zero-order valence-electron chi connectivity index (χ0n) is 21.5. The molecule has 3 aromatic rings. The van der Waals surface area contributed by atoms with Gasteiger partial charge in [-0.1, -0.05) is 17.7 Å². The van der Waals surface area contributed by atoms with Crippen molar-refractivity contribution in [3.63, 3.8) is 0 Å². The number of aromatic nitrogens is 2. The van der Waals surface area contributed by atoms with Gasteiger partial charge in [-0.2, -0.15) is 8.42 Å². The third kappa shape index (κ3) is 6.11. The maximum absolute atomic E-state index is 13.0. The number of carbonyl (C=O) groups is 2. The lowest BCUT2D eigenvalue weighted by atomic mass is 10.1. The molecule has 2 heterocycles. The molecule has 1 unspecified atom stereocenters. The fourth-order valence-electron chi connectivity index (χ4n) is 3.88. The van der Waals surface area contributed by atoms with Gasteiger partial charge in [0.05, 0.1) is 16.2 Å². The number of anilines is 1. The van der Waals surface area contributed by atoms with E-state index in [9.17, 15) is 26.4 Å². The average Bonchev–Trinajstić information content (AvgIpc) is 3.31. The van der Waals surface area contributed by atoms with Crippen LogP contribution in [-0.4, -0.2) is 56.7 Å². The lowest BCUT2D eigenvalue weighted by molar-refractivity contribution is -0.752. The number of nitrogens with two attached hydrogens (primary N) is 1. The van der Waals surface area contributed by atoms with Gasteiger partial charge in [-0.25, -0.2) is 18.2 Å². The normalized spacial score (nSPS) is 16.6. The summed E-state index contributed by atoms with van der Waals surface area (Å²) >= 11 is 5.43. The highest BCUT2D eigenvalue weighted by Crippen LogP contribution is 2.22. The van der Waals surface area contributed by atoms with Crippen LogP contribution in [0.3, 0.4) is 0 Å². The molecule has 17 heteroatoms. The number of hydrogen-bond acceptors (Lipinski definition) is 8. The van der Waals surface area contributed by atoms with Gasteiger partial charge in [0.15, 0.2) is 5.11 Å². The minimum atomic E-state index is -4.15. The Morgan fingerprint density at radius 2 is 1.73 bits per heavy atom. The number of amides is 2. The van der Waals surface area contributed by atoms with Crippen molar-refractivity contribution in [2.75, 3.05) is 12.4 Å². The Labute approximate surface area is 235 Å². The molecule has 0 saturated carbocycles. The van der Waals surface area contributed by atoms with Crippen LogP contribution in [0.1, 0.15) is 17.7 Å². The second-order valence-corrected chi connectivity index (χ2v) is 12.5. The number of sulfonamides is 2. The summed E-state index contributed by atoms with van der Waals surface area (Å²) in [6.45, 7) is 1.68. The molecule has 2 aromatic carbocycles. The number of thiocarbonyl (C=S) groups is 1. The fraction of sp³-hybridized carbons (Fsp3) is 0.261. The van der Waals surface area contributed by atoms with E-state index in [0.717, 1.165) is 5.56 Å². The van der Waals surface area contributed by atoms with Gasteiger partial charge in [0.2, 0.25) is 15.9 Å². The van der Waals surface area contributed by atoms with Crippen molar-refractivity contribution in [3.05, 3.63) is 65.3 Å². The molecule has 1 saturated heterocycles. The molecule has 0 aliphatic carbocycles. The second kappa shape index (κ2) is 10.9. The van der Waals surface area contributed by atoms with E-state index >= 15 is 0 Å². The molecule has 1 atom stereocenters. The molecule has 40 heavy (non-hydrogen) atoms. The van der Waals surface area contributed by atoms with E-state index in [4.69, 9.17) is 21.9 Å². The molecule has 0 radical (unpaired) electrons. The number of primary sulfonamides is 1. The van der Waals surface area contributed by atoms with Crippen LogP contribution in [0.5, 0.6) is 0 Å². The monoisotopic (exact) mass is 607 g/mol. The highest BCUT2D eigenvalue weighted by molar-refractivity contribution is 7.90. The van der Waals surface area contributed by atoms with Crippen LogP contribution in [-0.2, 0) is 43.2 Å². The summed E-state index contributed by atoms with van der Waals surface area (Å²) in [4.78, 5) is 28.3. The van der Waals surface area contributed by atoms with E-state index in [1.165, 1.54) is 65.0 Å². The predicted molar refractivity (Wildman–Crippen MR) is 143 cm³/mol. The van der Waals surface area contributed by atoms with Crippen molar-refractivity contribution in [2.24, 2.45) is 16.6 Å². The molecule has 1 aliphatic heterocycles. The van der Waals surface area contributed by atoms with Crippen LogP contribution >= 0.6 is 12.2 Å². The van der Waals surface area contributed by atoms with Gasteiger partial charge >= 0.3 is 0 Å². The van der Waals surface area contributed by atoms with Crippen molar-refractivity contribution in [1.82, 2.24) is 15.1 Å². The number of aryl methyl sites for hydroxylation is 2. The van der Waals surface area contributed by atoms with E-state index in [-0.39, 0.29) is 44.8 Å². The van der Waals surface area contributed by atoms with Crippen LogP contribution in [0.2, 0.25) is 0 Å². The summed E-state index contributed by atoms with van der Waals surface area (Å²) in [6.07, 6.45) is -0.316. The lowest BCUT2D eigenvalue weighted by Crippen LogP contribution is -2.45. The third-order valence-electron chi connectivity index (χ3n) is 6.10. The summed E-state index contributed by atoms with van der Waals surface area (Å²) in [7, 11) is -5.08. The maximum Gasteiger partial charge on any atom is 0.289 e. The van der Waals surface area contributed by atoms with Crippen LogP contribution in [0.15, 0.2) is 67.2 Å². The van der Waals surface area contributed by atoms with Crippen molar-refractivity contribution in [1.29, 1.82) is 0 Å². The van der Waals surface area contributed by atoms with Gasteiger partial charge in [-0.15, -0.1) is 4.40 Å².